The van der Waals surface area contributed by atoms with Crippen molar-refractivity contribution in [1.82, 2.24) is 5.32 Å². The first kappa shape index (κ1) is 13.4. The van der Waals surface area contributed by atoms with Crippen LogP contribution in [0.1, 0.15) is 72.6 Å². The second kappa shape index (κ2) is 5.30. The molecule has 2 aliphatic rings. The van der Waals surface area contributed by atoms with E-state index in [0.717, 1.165) is 23.9 Å². The van der Waals surface area contributed by atoms with E-state index in [9.17, 15) is 0 Å². The minimum Gasteiger partial charge on any atom is -0.311 e. The highest BCUT2D eigenvalue weighted by molar-refractivity contribution is 4.89. The van der Waals surface area contributed by atoms with Crippen LogP contribution in [0.15, 0.2) is 0 Å². The van der Waals surface area contributed by atoms with Gasteiger partial charge in [-0.1, -0.05) is 27.2 Å². The van der Waals surface area contributed by atoms with E-state index in [1.807, 2.05) is 0 Å². The van der Waals surface area contributed by atoms with Gasteiger partial charge in [0.25, 0.3) is 0 Å². The molecule has 0 aromatic heterocycles. The fourth-order valence-corrected chi connectivity index (χ4v) is 3.43. The second-order valence-corrected chi connectivity index (χ2v) is 7.18. The molecule has 0 radical (unpaired) electrons. The van der Waals surface area contributed by atoms with Crippen LogP contribution in [-0.4, -0.2) is 12.1 Å². The summed E-state index contributed by atoms with van der Waals surface area (Å²) in [5, 5.41) is 3.87. The molecular formula is C16H31N. The molecule has 0 bridgehead atoms. The average Bonchev–Trinajstić information content (AvgIpc) is 3.13. The molecule has 2 saturated carbocycles. The topological polar surface area (TPSA) is 12.0 Å². The SMILES string of the molecule is CCC(C)(C)C1CCC(NC(C)C2CC2)CC1. The van der Waals surface area contributed by atoms with Crippen molar-refractivity contribution in [3.63, 3.8) is 0 Å². The van der Waals surface area contributed by atoms with E-state index in [4.69, 9.17) is 0 Å². The molecule has 2 aliphatic carbocycles. The summed E-state index contributed by atoms with van der Waals surface area (Å²) in [5.41, 5.74) is 0.563. The Labute approximate surface area is 108 Å². The van der Waals surface area contributed by atoms with Gasteiger partial charge in [-0.05, 0) is 62.7 Å². The first-order valence-electron chi connectivity index (χ1n) is 7.79. The van der Waals surface area contributed by atoms with Crippen molar-refractivity contribution in [2.24, 2.45) is 17.3 Å². The van der Waals surface area contributed by atoms with Gasteiger partial charge in [0.1, 0.15) is 0 Å². The summed E-state index contributed by atoms with van der Waals surface area (Å²) < 4.78 is 0. The molecule has 17 heavy (non-hydrogen) atoms. The molecule has 0 heterocycles. The highest BCUT2D eigenvalue weighted by atomic mass is 15.0. The van der Waals surface area contributed by atoms with Crippen LogP contribution in [0.4, 0.5) is 0 Å². The van der Waals surface area contributed by atoms with Gasteiger partial charge in [0.05, 0.1) is 0 Å². The Hall–Kier alpha value is -0.0400. The lowest BCUT2D eigenvalue weighted by molar-refractivity contribution is 0.133. The van der Waals surface area contributed by atoms with E-state index in [1.165, 1.54) is 44.9 Å². The van der Waals surface area contributed by atoms with Crippen LogP contribution in [0, 0.1) is 17.3 Å². The summed E-state index contributed by atoms with van der Waals surface area (Å²) in [5.74, 6) is 1.96. The Bertz CT molecular complexity index is 234. The summed E-state index contributed by atoms with van der Waals surface area (Å²) in [6.45, 7) is 9.65. The molecule has 1 atom stereocenters. The van der Waals surface area contributed by atoms with Gasteiger partial charge in [-0.25, -0.2) is 0 Å². The van der Waals surface area contributed by atoms with Gasteiger partial charge in [0.2, 0.25) is 0 Å². The largest absolute Gasteiger partial charge is 0.311 e. The summed E-state index contributed by atoms with van der Waals surface area (Å²) in [7, 11) is 0. The summed E-state index contributed by atoms with van der Waals surface area (Å²) in [6.07, 6.45) is 9.95. The zero-order chi connectivity index (χ0) is 12.5. The van der Waals surface area contributed by atoms with Gasteiger partial charge in [0.15, 0.2) is 0 Å². The fourth-order valence-electron chi connectivity index (χ4n) is 3.43. The lowest BCUT2D eigenvalue weighted by Gasteiger charge is -2.39. The Morgan fingerprint density at radius 1 is 1.06 bits per heavy atom. The molecule has 100 valence electrons. The van der Waals surface area contributed by atoms with Gasteiger partial charge in [-0.15, -0.1) is 0 Å². The molecule has 1 nitrogen and oxygen atoms in total. The minimum absolute atomic E-state index is 0.563. The van der Waals surface area contributed by atoms with E-state index >= 15 is 0 Å². The quantitative estimate of drug-likeness (QED) is 0.748. The molecule has 0 amide bonds. The fraction of sp³-hybridized carbons (Fsp3) is 1.00. The molecule has 2 fully saturated rings. The molecule has 0 aromatic rings. The Morgan fingerprint density at radius 3 is 2.12 bits per heavy atom. The van der Waals surface area contributed by atoms with Crippen molar-refractivity contribution in [2.45, 2.75) is 84.7 Å². The molecule has 0 spiro atoms. The maximum absolute atomic E-state index is 3.87. The summed E-state index contributed by atoms with van der Waals surface area (Å²) in [6, 6.07) is 1.59. The van der Waals surface area contributed by atoms with Gasteiger partial charge >= 0.3 is 0 Å². The summed E-state index contributed by atoms with van der Waals surface area (Å²) in [4.78, 5) is 0. The highest BCUT2D eigenvalue weighted by Crippen LogP contribution is 2.41. The Balaban J connectivity index is 1.73. The predicted molar refractivity (Wildman–Crippen MR) is 75.1 cm³/mol. The van der Waals surface area contributed by atoms with Gasteiger partial charge in [-0.3, -0.25) is 0 Å². The monoisotopic (exact) mass is 237 g/mol. The van der Waals surface area contributed by atoms with Crippen LogP contribution in [0.2, 0.25) is 0 Å². The lowest BCUT2D eigenvalue weighted by Crippen LogP contribution is -2.41. The zero-order valence-corrected chi connectivity index (χ0v) is 12.3. The maximum Gasteiger partial charge on any atom is 0.00698 e. The highest BCUT2D eigenvalue weighted by Gasteiger charge is 2.34. The molecule has 1 heteroatoms. The average molecular weight is 237 g/mol. The van der Waals surface area contributed by atoms with Crippen LogP contribution in [0.25, 0.3) is 0 Å². The number of rotatable bonds is 5. The molecule has 1 unspecified atom stereocenters. The van der Waals surface area contributed by atoms with Crippen LogP contribution in [0.5, 0.6) is 0 Å². The van der Waals surface area contributed by atoms with Gasteiger partial charge in [0, 0.05) is 12.1 Å². The van der Waals surface area contributed by atoms with Crippen molar-refractivity contribution in [1.29, 1.82) is 0 Å². The number of hydrogen-bond donors (Lipinski definition) is 1. The van der Waals surface area contributed by atoms with Gasteiger partial charge in [-0.2, -0.15) is 0 Å². The second-order valence-electron chi connectivity index (χ2n) is 7.18. The van der Waals surface area contributed by atoms with Crippen LogP contribution in [-0.2, 0) is 0 Å². The van der Waals surface area contributed by atoms with E-state index in [0.29, 0.717) is 5.41 Å². The predicted octanol–water partition coefficient (Wildman–Crippen LogP) is 4.37. The third kappa shape index (κ3) is 3.47. The van der Waals surface area contributed by atoms with E-state index < -0.39 is 0 Å². The number of hydrogen-bond acceptors (Lipinski definition) is 1. The van der Waals surface area contributed by atoms with Crippen molar-refractivity contribution >= 4 is 0 Å². The Kier molecular flexibility index (Phi) is 4.18. The van der Waals surface area contributed by atoms with Crippen LogP contribution in [0.3, 0.4) is 0 Å². The first-order valence-corrected chi connectivity index (χ1v) is 7.79. The molecule has 0 aromatic carbocycles. The van der Waals surface area contributed by atoms with Crippen molar-refractivity contribution in [3.8, 4) is 0 Å². The first-order chi connectivity index (χ1) is 8.03. The molecular weight excluding hydrogens is 206 g/mol. The van der Waals surface area contributed by atoms with Crippen LogP contribution >= 0.6 is 0 Å². The summed E-state index contributed by atoms with van der Waals surface area (Å²) >= 11 is 0. The molecule has 2 rings (SSSR count). The molecule has 0 aliphatic heterocycles. The standard InChI is InChI=1S/C16H31N/c1-5-16(3,4)14-8-10-15(11-9-14)17-12(2)13-6-7-13/h12-15,17H,5-11H2,1-4H3. The molecule has 1 N–H and O–H groups in total. The molecule has 0 saturated heterocycles. The van der Waals surface area contributed by atoms with Gasteiger partial charge < -0.3 is 5.32 Å². The lowest BCUT2D eigenvalue weighted by atomic mass is 9.69. The minimum atomic E-state index is 0.563. The third-order valence-corrected chi connectivity index (χ3v) is 5.57. The smallest absolute Gasteiger partial charge is 0.00698 e. The van der Waals surface area contributed by atoms with Crippen molar-refractivity contribution in [3.05, 3.63) is 0 Å². The maximum atomic E-state index is 3.87. The normalized spacial score (nSPS) is 32.5. The number of nitrogens with one attached hydrogen (secondary N) is 1. The van der Waals surface area contributed by atoms with E-state index in [2.05, 4.69) is 33.0 Å². The van der Waals surface area contributed by atoms with E-state index in [-0.39, 0.29) is 0 Å². The van der Waals surface area contributed by atoms with Crippen LogP contribution < -0.4 is 5.32 Å². The Morgan fingerprint density at radius 2 is 1.65 bits per heavy atom. The zero-order valence-electron chi connectivity index (χ0n) is 12.3. The third-order valence-electron chi connectivity index (χ3n) is 5.57. The van der Waals surface area contributed by atoms with E-state index in [1.54, 1.807) is 0 Å². The van der Waals surface area contributed by atoms with Crippen molar-refractivity contribution < 1.29 is 0 Å². The van der Waals surface area contributed by atoms with Crippen molar-refractivity contribution in [2.75, 3.05) is 0 Å².